The lowest BCUT2D eigenvalue weighted by Gasteiger charge is -2.35. The van der Waals surface area contributed by atoms with E-state index in [9.17, 15) is 13.6 Å². The fourth-order valence-electron chi connectivity index (χ4n) is 4.56. The summed E-state index contributed by atoms with van der Waals surface area (Å²) in [5, 5.41) is 26.3. The van der Waals surface area contributed by atoms with E-state index in [2.05, 4.69) is 36.2 Å². The van der Waals surface area contributed by atoms with Gasteiger partial charge in [-0.25, -0.2) is 0 Å². The van der Waals surface area contributed by atoms with E-state index < -0.39 is 17.9 Å². The molecule has 2 aromatic carbocycles. The molecule has 10 nitrogen and oxygen atoms in total. The summed E-state index contributed by atoms with van der Waals surface area (Å²) in [6.07, 6.45) is 0.873. The number of nitrogens with one attached hydrogen (secondary N) is 2. The van der Waals surface area contributed by atoms with E-state index in [4.69, 9.17) is 4.42 Å². The normalized spacial score (nSPS) is 16.4. The Morgan fingerprint density at radius 1 is 1.00 bits per heavy atom. The van der Waals surface area contributed by atoms with Gasteiger partial charge in [0.15, 0.2) is 0 Å². The van der Waals surface area contributed by atoms with Gasteiger partial charge in [0.1, 0.15) is 5.54 Å². The van der Waals surface area contributed by atoms with Crippen molar-refractivity contribution in [3.05, 3.63) is 53.9 Å². The maximum absolute atomic E-state index is 12.7. The van der Waals surface area contributed by atoms with Crippen molar-refractivity contribution in [1.82, 2.24) is 30.4 Å². The molecule has 12 heteroatoms. The maximum atomic E-state index is 12.7. The molecule has 4 aromatic rings. The number of hydrogen-bond acceptors (Lipinski definition) is 8. The van der Waals surface area contributed by atoms with Crippen molar-refractivity contribution in [2.75, 3.05) is 10.6 Å². The molecule has 1 amide bonds. The summed E-state index contributed by atoms with van der Waals surface area (Å²) in [6.45, 7) is 0.363. The van der Waals surface area contributed by atoms with Gasteiger partial charge in [-0.2, -0.15) is 13.6 Å². The third kappa shape index (κ3) is 3.90. The highest BCUT2D eigenvalue weighted by Gasteiger charge is 2.44. The Labute approximate surface area is 197 Å². The van der Waals surface area contributed by atoms with E-state index in [1.807, 2.05) is 18.2 Å². The molecule has 2 N–H and O–H groups in total. The molecule has 1 aliphatic carbocycles. The first-order valence-corrected chi connectivity index (χ1v) is 11.2. The highest BCUT2D eigenvalue weighted by molar-refractivity contribution is 6.06. The molecule has 0 atom stereocenters. The summed E-state index contributed by atoms with van der Waals surface area (Å²) >= 11 is 0. The number of fused-ring (bicyclic) bond motifs is 1. The molecule has 3 heterocycles. The second kappa shape index (κ2) is 8.22. The van der Waals surface area contributed by atoms with Crippen LogP contribution < -0.4 is 10.6 Å². The minimum absolute atomic E-state index is 0.0268. The molecule has 1 saturated carbocycles. The first-order chi connectivity index (χ1) is 17.0. The second-order valence-corrected chi connectivity index (χ2v) is 8.72. The van der Waals surface area contributed by atoms with Gasteiger partial charge in [-0.1, -0.05) is 25.0 Å². The van der Waals surface area contributed by atoms with Gasteiger partial charge in [0.05, 0.1) is 17.9 Å². The number of halogens is 2. The number of nitrogens with zero attached hydrogens (tertiary/aromatic N) is 6. The highest BCUT2D eigenvalue weighted by Crippen LogP contribution is 2.41. The maximum Gasteiger partial charge on any atom is 0.314 e. The predicted molar refractivity (Wildman–Crippen MR) is 120 cm³/mol. The van der Waals surface area contributed by atoms with Crippen LogP contribution in [0.25, 0.3) is 22.8 Å². The molecule has 2 aliphatic rings. The number of alkyl halides is 2. The van der Waals surface area contributed by atoms with Crippen LogP contribution in [-0.2, 0) is 11.3 Å². The fraction of sp³-hybridized carbons (Fsp3) is 0.304. The molecule has 0 bridgehead atoms. The van der Waals surface area contributed by atoms with Crippen LogP contribution in [0.2, 0.25) is 0 Å². The van der Waals surface area contributed by atoms with Crippen LogP contribution in [0.3, 0.4) is 0 Å². The van der Waals surface area contributed by atoms with Gasteiger partial charge in [0.25, 0.3) is 5.89 Å². The summed E-state index contributed by atoms with van der Waals surface area (Å²) in [7, 11) is 0. The Balaban J connectivity index is 1.18. The highest BCUT2D eigenvalue weighted by atomic mass is 19.3. The molecule has 1 spiro atoms. The number of carbonyl (C=O) groups excluding carboxylic acids is 1. The number of rotatable bonds is 5. The van der Waals surface area contributed by atoms with Gasteiger partial charge in [-0.05, 0) is 54.0 Å². The van der Waals surface area contributed by atoms with Crippen LogP contribution in [0.15, 0.2) is 46.9 Å². The lowest BCUT2D eigenvalue weighted by Crippen LogP contribution is -2.50. The Hall–Kier alpha value is -4.22. The Morgan fingerprint density at radius 2 is 1.77 bits per heavy atom. The third-order valence-corrected chi connectivity index (χ3v) is 6.40. The summed E-state index contributed by atoms with van der Waals surface area (Å²) in [6, 6.07) is 12.6. The summed E-state index contributed by atoms with van der Waals surface area (Å²) in [4.78, 5) is 14.1. The SMILES string of the molecule is O=C1Nc2ccc(-c3nnn(Cc4ccc(-c5nnc(C(F)F)o5)cc4)n3)cc2NC12CCCC2. The zero-order valence-electron chi connectivity index (χ0n) is 18.4. The molecule has 1 fully saturated rings. The molecular formula is C23H20F2N8O2. The number of carbonyl (C=O) groups is 1. The van der Waals surface area contributed by atoms with Crippen LogP contribution in [0, 0.1) is 0 Å². The quantitative estimate of drug-likeness (QED) is 0.440. The Bertz CT molecular complexity index is 1390. The number of benzene rings is 2. The molecule has 6 rings (SSSR count). The Morgan fingerprint density at radius 3 is 2.51 bits per heavy atom. The van der Waals surface area contributed by atoms with Crippen molar-refractivity contribution in [1.29, 1.82) is 0 Å². The lowest BCUT2D eigenvalue weighted by molar-refractivity contribution is -0.120. The molecule has 0 unspecified atom stereocenters. The average Bonchev–Trinajstić information content (AvgIpc) is 3.62. The smallest absolute Gasteiger partial charge is 0.314 e. The van der Waals surface area contributed by atoms with E-state index in [-0.39, 0.29) is 11.8 Å². The molecule has 2 aromatic heterocycles. The van der Waals surface area contributed by atoms with E-state index in [1.165, 1.54) is 4.80 Å². The molecule has 0 radical (unpaired) electrons. The van der Waals surface area contributed by atoms with Crippen molar-refractivity contribution in [3.63, 3.8) is 0 Å². The first kappa shape index (κ1) is 21.3. The molecule has 178 valence electrons. The van der Waals surface area contributed by atoms with E-state index in [0.29, 0.717) is 17.9 Å². The summed E-state index contributed by atoms with van der Waals surface area (Å²) < 4.78 is 30.3. The number of aromatic nitrogens is 6. The second-order valence-electron chi connectivity index (χ2n) is 8.72. The van der Waals surface area contributed by atoms with Crippen molar-refractivity contribution >= 4 is 17.3 Å². The largest absolute Gasteiger partial charge is 0.415 e. The van der Waals surface area contributed by atoms with Crippen molar-refractivity contribution in [2.45, 2.75) is 44.2 Å². The van der Waals surface area contributed by atoms with Crippen molar-refractivity contribution < 1.29 is 18.0 Å². The fourth-order valence-corrected chi connectivity index (χ4v) is 4.56. The van der Waals surface area contributed by atoms with Crippen LogP contribution in [0.5, 0.6) is 0 Å². The first-order valence-electron chi connectivity index (χ1n) is 11.2. The predicted octanol–water partition coefficient (Wildman–Crippen LogP) is 4.05. The number of hydrogen-bond donors (Lipinski definition) is 2. The number of tetrazole rings is 1. The molecule has 0 saturated heterocycles. The van der Waals surface area contributed by atoms with Crippen LogP contribution in [0.1, 0.15) is 43.6 Å². The van der Waals surface area contributed by atoms with Crippen molar-refractivity contribution in [2.24, 2.45) is 0 Å². The summed E-state index contributed by atoms with van der Waals surface area (Å²) in [5.41, 5.74) is 3.26. The number of amides is 1. The van der Waals surface area contributed by atoms with E-state index in [1.54, 1.807) is 24.3 Å². The molecular weight excluding hydrogens is 458 g/mol. The van der Waals surface area contributed by atoms with E-state index in [0.717, 1.165) is 48.2 Å². The minimum Gasteiger partial charge on any atom is -0.415 e. The lowest BCUT2D eigenvalue weighted by atomic mass is 9.92. The molecule has 35 heavy (non-hydrogen) atoms. The van der Waals surface area contributed by atoms with Gasteiger partial charge in [0, 0.05) is 11.1 Å². The third-order valence-electron chi connectivity index (χ3n) is 6.40. The average molecular weight is 478 g/mol. The van der Waals surface area contributed by atoms with Crippen LogP contribution in [0.4, 0.5) is 20.2 Å². The van der Waals surface area contributed by atoms with Crippen molar-refractivity contribution in [3.8, 4) is 22.8 Å². The zero-order chi connectivity index (χ0) is 24.0. The Kier molecular flexibility index (Phi) is 5.01. The number of anilines is 2. The minimum atomic E-state index is -2.81. The standard InChI is InChI=1S/C23H20F2N8O2/c24-18(25)21-30-29-20(35-21)14-5-3-13(4-6-14)12-33-31-19(28-32-33)15-7-8-16-17(11-15)27-23(22(34)26-16)9-1-2-10-23/h3-8,11,18,27H,1-2,9-10,12H2,(H,26,34). The molecule has 1 aliphatic heterocycles. The summed E-state index contributed by atoms with van der Waals surface area (Å²) in [5.74, 6) is -0.181. The van der Waals surface area contributed by atoms with Gasteiger partial charge in [-0.3, -0.25) is 4.79 Å². The van der Waals surface area contributed by atoms with Gasteiger partial charge in [0.2, 0.25) is 17.6 Å². The van der Waals surface area contributed by atoms with Gasteiger partial charge < -0.3 is 15.1 Å². The monoisotopic (exact) mass is 478 g/mol. The van der Waals surface area contributed by atoms with Gasteiger partial charge in [-0.15, -0.1) is 20.4 Å². The van der Waals surface area contributed by atoms with Crippen LogP contribution >= 0.6 is 0 Å². The zero-order valence-corrected chi connectivity index (χ0v) is 18.4. The van der Waals surface area contributed by atoms with Gasteiger partial charge >= 0.3 is 6.43 Å². The van der Waals surface area contributed by atoms with E-state index >= 15 is 0 Å². The topological polar surface area (TPSA) is 124 Å². The van der Waals surface area contributed by atoms with Crippen LogP contribution in [-0.4, -0.2) is 41.9 Å².